The number of hydrogen-bond donors (Lipinski definition) is 0. The van der Waals surface area contributed by atoms with E-state index in [1.165, 1.54) is 19.2 Å². The molecule has 1 aromatic carbocycles. The SMILES string of the molecule is CCOC(=O)CCN(C)S(=O)(=O)c1ccc(F)cc1. The van der Waals surface area contributed by atoms with Gasteiger partial charge in [-0.25, -0.2) is 17.1 Å². The van der Waals surface area contributed by atoms with Crippen molar-refractivity contribution in [1.29, 1.82) is 0 Å². The summed E-state index contributed by atoms with van der Waals surface area (Å²) in [6.07, 6.45) is -0.0231. The monoisotopic (exact) mass is 289 g/mol. The first-order chi connectivity index (χ1) is 8.87. The molecule has 0 heterocycles. The van der Waals surface area contributed by atoms with Crippen LogP contribution >= 0.6 is 0 Å². The van der Waals surface area contributed by atoms with Crippen molar-refractivity contribution < 1.29 is 22.3 Å². The minimum atomic E-state index is -3.71. The molecule has 106 valence electrons. The van der Waals surface area contributed by atoms with Crippen LogP contribution in [0, 0.1) is 5.82 Å². The molecule has 0 aliphatic carbocycles. The smallest absolute Gasteiger partial charge is 0.307 e. The molecule has 0 bridgehead atoms. The molecule has 7 heteroatoms. The maximum Gasteiger partial charge on any atom is 0.307 e. The van der Waals surface area contributed by atoms with Crippen LogP contribution in [0.15, 0.2) is 29.2 Å². The zero-order valence-corrected chi connectivity index (χ0v) is 11.6. The summed E-state index contributed by atoms with van der Waals surface area (Å²) >= 11 is 0. The molecule has 0 atom stereocenters. The van der Waals surface area contributed by atoms with Gasteiger partial charge in [-0.2, -0.15) is 0 Å². The number of esters is 1. The Balaban J connectivity index is 2.72. The zero-order valence-electron chi connectivity index (χ0n) is 10.8. The number of ether oxygens (including phenoxy) is 1. The molecule has 0 unspecified atom stereocenters. The molecule has 0 saturated carbocycles. The summed E-state index contributed by atoms with van der Waals surface area (Å²) in [5, 5.41) is 0. The van der Waals surface area contributed by atoms with E-state index < -0.39 is 21.8 Å². The number of rotatable bonds is 6. The van der Waals surface area contributed by atoms with Gasteiger partial charge in [0, 0.05) is 13.6 Å². The third-order valence-corrected chi connectivity index (χ3v) is 4.33. The highest BCUT2D eigenvalue weighted by Gasteiger charge is 2.21. The van der Waals surface area contributed by atoms with E-state index in [4.69, 9.17) is 4.74 Å². The lowest BCUT2D eigenvalue weighted by atomic mass is 10.4. The fourth-order valence-electron chi connectivity index (χ4n) is 1.39. The van der Waals surface area contributed by atoms with Crippen molar-refractivity contribution in [1.82, 2.24) is 4.31 Å². The number of carbonyl (C=O) groups is 1. The first kappa shape index (κ1) is 15.6. The highest BCUT2D eigenvalue weighted by Crippen LogP contribution is 2.14. The van der Waals surface area contributed by atoms with Crippen LogP contribution in [0.3, 0.4) is 0 Å². The molecule has 0 spiro atoms. The van der Waals surface area contributed by atoms with E-state index in [0.29, 0.717) is 0 Å². The molecule has 1 aromatic rings. The van der Waals surface area contributed by atoms with Crippen LogP contribution in [0.2, 0.25) is 0 Å². The Morgan fingerprint density at radius 2 is 1.89 bits per heavy atom. The summed E-state index contributed by atoms with van der Waals surface area (Å²) in [5.74, 6) is -0.961. The van der Waals surface area contributed by atoms with E-state index in [2.05, 4.69) is 0 Å². The second-order valence-electron chi connectivity index (χ2n) is 3.84. The van der Waals surface area contributed by atoms with Gasteiger partial charge >= 0.3 is 5.97 Å². The van der Waals surface area contributed by atoms with Crippen molar-refractivity contribution in [2.24, 2.45) is 0 Å². The standard InChI is InChI=1S/C12H16FNO4S/c1-3-18-12(15)8-9-14(2)19(16,17)11-6-4-10(13)5-7-11/h4-7H,3,8-9H2,1-2H3. The lowest BCUT2D eigenvalue weighted by Gasteiger charge is -2.16. The Morgan fingerprint density at radius 1 is 1.32 bits per heavy atom. The fourth-order valence-corrected chi connectivity index (χ4v) is 2.56. The van der Waals surface area contributed by atoms with Gasteiger partial charge in [-0.15, -0.1) is 0 Å². The van der Waals surface area contributed by atoms with E-state index >= 15 is 0 Å². The van der Waals surface area contributed by atoms with Gasteiger partial charge in [0.2, 0.25) is 10.0 Å². The van der Waals surface area contributed by atoms with Crippen LogP contribution in [-0.2, 0) is 19.6 Å². The maximum atomic E-state index is 12.7. The molecule has 0 N–H and O–H groups in total. The lowest BCUT2D eigenvalue weighted by Crippen LogP contribution is -2.29. The molecule has 0 saturated heterocycles. The van der Waals surface area contributed by atoms with Crippen LogP contribution in [0.4, 0.5) is 4.39 Å². The average Bonchev–Trinajstić information content (AvgIpc) is 2.36. The first-order valence-electron chi connectivity index (χ1n) is 5.75. The number of nitrogens with zero attached hydrogens (tertiary/aromatic N) is 1. The van der Waals surface area contributed by atoms with Gasteiger partial charge < -0.3 is 4.74 Å². The Hall–Kier alpha value is -1.47. The highest BCUT2D eigenvalue weighted by atomic mass is 32.2. The molecule has 0 fully saturated rings. The Morgan fingerprint density at radius 3 is 2.42 bits per heavy atom. The summed E-state index contributed by atoms with van der Waals surface area (Å²) in [6, 6.07) is 4.52. The largest absolute Gasteiger partial charge is 0.466 e. The van der Waals surface area contributed by atoms with Gasteiger partial charge in [0.1, 0.15) is 5.82 Å². The molecule has 0 aromatic heterocycles. The van der Waals surface area contributed by atoms with Crippen molar-refractivity contribution >= 4 is 16.0 Å². The van der Waals surface area contributed by atoms with Gasteiger partial charge in [0.05, 0.1) is 17.9 Å². The Kier molecular flexibility index (Phi) is 5.44. The zero-order chi connectivity index (χ0) is 14.5. The minimum absolute atomic E-state index is 0.0124. The van der Waals surface area contributed by atoms with Crippen molar-refractivity contribution in [3.05, 3.63) is 30.1 Å². The molecular weight excluding hydrogens is 273 g/mol. The molecule has 0 aliphatic heterocycles. The van der Waals surface area contributed by atoms with Gasteiger partial charge in [0.25, 0.3) is 0 Å². The molecule has 19 heavy (non-hydrogen) atoms. The molecule has 0 amide bonds. The van der Waals surface area contributed by atoms with Gasteiger partial charge in [-0.1, -0.05) is 0 Å². The average molecular weight is 289 g/mol. The number of halogens is 1. The Labute approximate surface area is 112 Å². The molecular formula is C12H16FNO4S. The van der Waals surface area contributed by atoms with Gasteiger partial charge in [-0.05, 0) is 31.2 Å². The second kappa shape index (κ2) is 6.63. The number of carbonyl (C=O) groups excluding carboxylic acids is 1. The summed E-state index contributed by atoms with van der Waals surface area (Å²) in [4.78, 5) is 11.1. The molecule has 5 nitrogen and oxygen atoms in total. The van der Waals surface area contributed by atoms with E-state index in [9.17, 15) is 17.6 Å². The summed E-state index contributed by atoms with van der Waals surface area (Å²) in [7, 11) is -2.35. The number of hydrogen-bond acceptors (Lipinski definition) is 4. The Bertz CT molecular complexity index is 527. The van der Waals surface area contributed by atoms with Gasteiger partial charge in [0.15, 0.2) is 0 Å². The van der Waals surface area contributed by atoms with Gasteiger partial charge in [-0.3, -0.25) is 4.79 Å². The van der Waals surface area contributed by atoms with Crippen LogP contribution in [0.25, 0.3) is 0 Å². The third-order valence-electron chi connectivity index (χ3n) is 2.46. The fraction of sp³-hybridized carbons (Fsp3) is 0.417. The normalized spacial score (nSPS) is 11.6. The van der Waals surface area contributed by atoms with E-state index in [1.54, 1.807) is 6.92 Å². The maximum absolute atomic E-state index is 12.7. The minimum Gasteiger partial charge on any atom is -0.466 e. The van der Waals surface area contributed by atoms with Crippen LogP contribution in [0.5, 0.6) is 0 Å². The van der Waals surface area contributed by atoms with E-state index in [-0.39, 0.29) is 24.5 Å². The van der Waals surface area contributed by atoms with Crippen LogP contribution in [-0.4, -0.2) is 38.9 Å². The highest BCUT2D eigenvalue weighted by molar-refractivity contribution is 7.89. The number of sulfonamides is 1. The lowest BCUT2D eigenvalue weighted by molar-refractivity contribution is -0.143. The quantitative estimate of drug-likeness (QED) is 0.743. The summed E-state index contributed by atoms with van der Waals surface area (Å²) in [5.41, 5.74) is 0. The van der Waals surface area contributed by atoms with Crippen molar-refractivity contribution in [2.75, 3.05) is 20.2 Å². The van der Waals surface area contributed by atoms with E-state index in [0.717, 1.165) is 16.4 Å². The van der Waals surface area contributed by atoms with Crippen molar-refractivity contribution in [3.63, 3.8) is 0 Å². The molecule has 1 rings (SSSR count). The summed E-state index contributed by atoms with van der Waals surface area (Å²) < 4.78 is 42.6. The first-order valence-corrected chi connectivity index (χ1v) is 7.19. The van der Waals surface area contributed by atoms with Crippen molar-refractivity contribution in [2.45, 2.75) is 18.2 Å². The van der Waals surface area contributed by atoms with Crippen molar-refractivity contribution in [3.8, 4) is 0 Å². The van der Waals surface area contributed by atoms with E-state index in [1.807, 2.05) is 0 Å². The predicted octanol–water partition coefficient (Wildman–Crippen LogP) is 1.40. The second-order valence-corrected chi connectivity index (χ2v) is 5.88. The van der Waals surface area contributed by atoms with Crippen LogP contribution in [0.1, 0.15) is 13.3 Å². The predicted molar refractivity (Wildman–Crippen MR) is 67.5 cm³/mol. The molecule has 0 radical (unpaired) electrons. The molecule has 0 aliphatic rings. The topological polar surface area (TPSA) is 63.7 Å². The number of benzene rings is 1. The third kappa shape index (κ3) is 4.29. The summed E-state index contributed by atoms with van der Waals surface area (Å²) in [6.45, 7) is 1.95. The van der Waals surface area contributed by atoms with Crippen LogP contribution < -0.4 is 0 Å².